The van der Waals surface area contributed by atoms with Gasteiger partial charge in [-0.25, -0.2) is 0 Å². The van der Waals surface area contributed by atoms with E-state index in [9.17, 15) is 9.59 Å². The van der Waals surface area contributed by atoms with Crippen molar-refractivity contribution in [3.8, 4) is 11.5 Å². The molecule has 2 atom stereocenters. The van der Waals surface area contributed by atoms with Gasteiger partial charge < -0.3 is 25.1 Å². The zero-order valence-corrected chi connectivity index (χ0v) is 21.1. The number of hydrogen-bond donors (Lipinski definition) is 3. The average molecular weight is 499 g/mol. The topological polar surface area (TPSA) is 95.7 Å². The Bertz CT molecular complexity index is 1450. The maximum Gasteiger partial charge on any atom is 0.244 e. The number of rotatable bonds is 8. The van der Waals surface area contributed by atoms with Gasteiger partial charge in [-0.3, -0.25) is 14.5 Å². The van der Waals surface area contributed by atoms with Crippen molar-refractivity contribution < 1.29 is 19.1 Å². The van der Waals surface area contributed by atoms with E-state index < -0.39 is 6.04 Å². The van der Waals surface area contributed by atoms with E-state index in [0.717, 1.165) is 22.0 Å². The fourth-order valence-corrected chi connectivity index (χ4v) is 5.00. The predicted molar refractivity (Wildman–Crippen MR) is 145 cm³/mol. The van der Waals surface area contributed by atoms with Crippen LogP contribution < -0.4 is 25.0 Å². The zero-order chi connectivity index (χ0) is 25.9. The fourth-order valence-electron chi connectivity index (χ4n) is 5.00. The molecule has 0 bridgehead atoms. The minimum atomic E-state index is -0.539. The molecule has 8 heteroatoms. The highest BCUT2D eigenvalue weighted by molar-refractivity contribution is 6.11. The lowest BCUT2D eigenvalue weighted by molar-refractivity contribution is -0.123. The Hall–Kier alpha value is -4.30. The smallest absolute Gasteiger partial charge is 0.244 e. The van der Waals surface area contributed by atoms with Crippen molar-refractivity contribution in [3.05, 3.63) is 84.1 Å². The lowest BCUT2D eigenvalue weighted by Gasteiger charge is -2.32. The second-order valence-corrected chi connectivity index (χ2v) is 9.04. The van der Waals surface area contributed by atoms with Crippen LogP contribution in [-0.2, 0) is 9.59 Å². The number of aromatic nitrogens is 1. The summed E-state index contributed by atoms with van der Waals surface area (Å²) in [7, 11) is 3.25. The minimum absolute atomic E-state index is 0.0164. The van der Waals surface area contributed by atoms with Gasteiger partial charge >= 0.3 is 0 Å². The van der Waals surface area contributed by atoms with Crippen LogP contribution >= 0.6 is 0 Å². The highest BCUT2D eigenvalue weighted by Crippen LogP contribution is 2.40. The lowest BCUT2D eigenvalue weighted by Crippen LogP contribution is -2.50. The van der Waals surface area contributed by atoms with Gasteiger partial charge in [0, 0.05) is 35.1 Å². The number of H-pyrrole nitrogens is 1. The Balaban J connectivity index is 1.46. The molecule has 0 spiro atoms. The molecule has 1 aliphatic heterocycles. The number of hydrogen-bond acceptors (Lipinski definition) is 5. The predicted octanol–water partition coefficient (Wildman–Crippen LogP) is 4.28. The van der Waals surface area contributed by atoms with E-state index in [1.165, 1.54) is 0 Å². The van der Waals surface area contributed by atoms with E-state index >= 15 is 0 Å². The number of carbonyl (C=O) groups is 2. The number of nitrogens with zero attached hydrogens (tertiary/aromatic N) is 1. The normalized spacial score (nSPS) is 14.6. The van der Waals surface area contributed by atoms with Gasteiger partial charge in [-0.15, -0.1) is 0 Å². The summed E-state index contributed by atoms with van der Waals surface area (Å²) in [5.41, 5.74) is 4.39. The van der Waals surface area contributed by atoms with Crippen LogP contribution in [0.4, 0.5) is 11.4 Å². The van der Waals surface area contributed by atoms with E-state index in [1.54, 1.807) is 25.2 Å². The monoisotopic (exact) mass is 498 g/mol. The molecule has 1 aromatic heterocycles. The summed E-state index contributed by atoms with van der Waals surface area (Å²) in [6.45, 7) is 2.27. The highest BCUT2D eigenvalue weighted by atomic mass is 16.5. The Kier molecular flexibility index (Phi) is 6.83. The first-order valence-electron chi connectivity index (χ1n) is 12.2. The largest absolute Gasteiger partial charge is 0.493 e. The van der Waals surface area contributed by atoms with Crippen molar-refractivity contribution in [3.63, 3.8) is 0 Å². The van der Waals surface area contributed by atoms with Gasteiger partial charge in [0.05, 0.1) is 31.6 Å². The van der Waals surface area contributed by atoms with Gasteiger partial charge in [-0.1, -0.05) is 42.5 Å². The molecule has 0 saturated heterocycles. The second-order valence-electron chi connectivity index (χ2n) is 9.04. The maximum atomic E-state index is 13.5. The minimum Gasteiger partial charge on any atom is -0.493 e. The molecule has 190 valence electrons. The molecular weight excluding hydrogens is 468 g/mol. The fraction of sp³-hybridized carbons (Fsp3) is 0.241. The van der Waals surface area contributed by atoms with Gasteiger partial charge in [0.15, 0.2) is 11.5 Å². The number of nitrogens with one attached hydrogen (secondary N) is 3. The molecule has 2 heterocycles. The van der Waals surface area contributed by atoms with Gasteiger partial charge in [-0.05, 0) is 36.8 Å². The first kappa shape index (κ1) is 24.4. The second kappa shape index (κ2) is 10.4. The van der Waals surface area contributed by atoms with E-state index in [1.807, 2.05) is 67.7 Å². The number of para-hydroxylation sites is 4. The summed E-state index contributed by atoms with van der Waals surface area (Å²) in [5.74, 6) is 0.774. The molecule has 1 aliphatic rings. The summed E-state index contributed by atoms with van der Waals surface area (Å²) >= 11 is 0. The third-order valence-electron chi connectivity index (χ3n) is 6.84. The molecule has 0 fully saturated rings. The third-order valence-corrected chi connectivity index (χ3v) is 6.84. The molecular formula is C29H30N4O4. The Morgan fingerprint density at radius 3 is 2.59 bits per heavy atom. The van der Waals surface area contributed by atoms with Crippen molar-refractivity contribution in [2.75, 3.05) is 37.5 Å². The number of carbonyl (C=O) groups excluding carboxylic acids is 2. The van der Waals surface area contributed by atoms with E-state index in [2.05, 4.69) is 21.7 Å². The number of methoxy groups -OCH3 is 2. The quantitative estimate of drug-likeness (QED) is 0.337. The number of ether oxygens (including phenoxy) is 2. The van der Waals surface area contributed by atoms with Crippen LogP contribution in [0.1, 0.15) is 24.0 Å². The SMILES string of the molecule is COc1cccc([C@@H](CN[C@@H](C)C(=O)N2CC(=O)Nc3ccccc32)c2c[nH]c3ccccc23)c1OC. The molecule has 0 unspecified atom stereocenters. The van der Waals surface area contributed by atoms with Crippen molar-refractivity contribution >= 4 is 34.1 Å². The first-order valence-corrected chi connectivity index (χ1v) is 12.2. The van der Waals surface area contributed by atoms with E-state index in [4.69, 9.17) is 9.47 Å². The standard InChI is InChI=1S/C29H30N4O4/c1-18(29(35)33-17-27(34)32-24-12-6-7-13-25(24)33)30-15-22(20-10-8-14-26(36-2)28(20)37-3)21-16-31-23-11-5-4-9-19(21)23/h4-14,16,18,22,30-31H,15,17H2,1-3H3,(H,32,34)/t18-,22+/m0/s1. The molecule has 8 nitrogen and oxygen atoms in total. The van der Waals surface area contributed by atoms with E-state index in [0.29, 0.717) is 29.4 Å². The molecule has 3 N–H and O–H groups in total. The molecule has 0 aliphatic carbocycles. The van der Waals surface area contributed by atoms with Crippen LogP contribution in [0.15, 0.2) is 72.9 Å². The summed E-state index contributed by atoms with van der Waals surface area (Å²) in [5, 5.41) is 7.36. The number of aromatic amines is 1. The van der Waals surface area contributed by atoms with Crippen molar-refractivity contribution in [1.82, 2.24) is 10.3 Å². The third kappa shape index (κ3) is 4.63. The summed E-state index contributed by atoms with van der Waals surface area (Å²) < 4.78 is 11.3. The van der Waals surface area contributed by atoms with Crippen LogP contribution in [0.5, 0.6) is 11.5 Å². The van der Waals surface area contributed by atoms with Gasteiger partial charge in [-0.2, -0.15) is 0 Å². The van der Waals surface area contributed by atoms with Crippen molar-refractivity contribution in [1.29, 1.82) is 0 Å². The van der Waals surface area contributed by atoms with Crippen LogP contribution in [0.2, 0.25) is 0 Å². The summed E-state index contributed by atoms with van der Waals surface area (Å²) in [6.07, 6.45) is 2.01. The van der Waals surface area contributed by atoms with Crippen molar-refractivity contribution in [2.45, 2.75) is 18.9 Å². The van der Waals surface area contributed by atoms with Gasteiger partial charge in [0.2, 0.25) is 11.8 Å². The summed E-state index contributed by atoms with van der Waals surface area (Å²) in [4.78, 5) is 30.7. The molecule has 4 aromatic rings. The molecule has 37 heavy (non-hydrogen) atoms. The maximum absolute atomic E-state index is 13.5. The zero-order valence-electron chi connectivity index (χ0n) is 21.1. The van der Waals surface area contributed by atoms with Gasteiger partial charge in [0.25, 0.3) is 0 Å². The molecule has 0 radical (unpaired) electrons. The molecule has 2 amide bonds. The Labute approximate surface area is 215 Å². The van der Waals surface area contributed by atoms with E-state index in [-0.39, 0.29) is 24.3 Å². The number of benzene rings is 3. The molecule has 3 aromatic carbocycles. The van der Waals surface area contributed by atoms with Crippen molar-refractivity contribution in [2.24, 2.45) is 0 Å². The van der Waals surface area contributed by atoms with Crippen LogP contribution in [0.3, 0.4) is 0 Å². The van der Waals surface area contributed by atoms with Gasteiger partial charge in [0.1, 0.15) is 6.54 Å². The number of anilines is 2. The Morgan fingerprint density at radius 1 is 1.00 bits per heavy atom. The summed E-state index contributed by atoms with van der Waals surface area (Å²) in [6, 6.07) is 20.8. The Morgan fingerprint density at radius 2 is 1.78 bits per heavy atom. The average Bonchev–Trinajstić information content (AvgIpc) is 3.35. The molecule has 5 rings (SSSR count). The first-order chi connectivity index (χ1) is 18.0. The lowest BCUT2D eigenvalue weighted by atomic mass is 9.89. The van der Waals surface area contributed by atoms with Crippen LogP contribution in [-0.4, -0.2) is 50.1 Å². The highest BCUT2D eigenvalue weighted by Gasteiger charge is 2.31. The van der Waals surface area contributed by atoms with Crippen LogP contribution in [0.25, 0.3) is 10.9 Å². The molecule has 0 saturated carbocycles. The number of amides is 2. The number of fused-ring (bicyclic) bond motifs is 2. The van der Waals surface area contributed by atoms with Crippen LogP contribution in [0, 0.1) is 0 Å².